The first-order valence-electron chi connectivity index (χ1n) is 9.96. The number of amides is 2. The van der Waals surface area contributed by atoms with Crippen LogP contribution in [-0.2, 0) is 0 Å². The molecule has 2 heterocycles. The third-order valence-corrected chi connectivity index (χ3v) is 5.81. The average molecular weight is 368 g/mol. The molecule has 144 valence electrons. The van der Waals surface area contributed by atoms with Crippen molar-refractivity contribution in [1.82, 2.24) is 9.91 Å². The summed E-state index contributed by atoms with van der Waals surface area (Å²) in [6, 6.07) is 8.24. The van der Waals surface area contributed by atoms with Gasteiger partial charge in [-0.25, -0.2) is 4.79 Å². The number of likely N-dealkylation sites (N-methyl/N-ethyl adjacent to an activating group) is 1. The lowest BCUT2D eigenvalue weighted by Crippen LogP contribution is -2.34. The Hall–Kier alpha value is -2.34. The van der Waals surface area contributed by atoms with Gasteiger partial charge in [0.05, 0.1) is 24.1 Å². The molecule has 1 saturated heterocycles. The minimum atomic E-state index is -0.236. The number of fused-ring (bicyclic) bond motifs is 2. The smallest absolute Gasteiger partial charge is 0.345 e. The summed E-state index contributed by atoms with van der Waals surface area (Å²) in [5.74, 6) is 0.176. The van der Waals surface area contributed by atoms with Gasteiger partial charge in [-0.1, -0.05) is 12.1 Å². The second kappa shape index (κ2) is 7.35. The van der Waals surface area contributed by atoms with E-state index in [1.165, 1.54) is 5.57 Å². The molecule has 0 bridgehead atoms. The van der Waals surface area contributed by atoms with Gasteiger partial charge in [0.2, 0.25) is 0 Å². The van der Waals surface area contributed by atoms with E-state index in [9.17, 15) is 9.90 Å². The van der Waals surface area contributed by atoms with Crippen LogP contribution < -0.4 is 5.32 Å². The van der Waals surface area contributed by atoms with E-state index < -0.39 is 0 Å². The Morgan fingerprint density at radius 2 is 2.00 bits per heavy atom. The van der Waals surface area contributed by atoms with E-state index in [0.717, 1.165) is 61.3 Å². The van der Waals surface area contributed by atoms with E-state index in [-0.39, 0.29) is 18.1 Å². The number of benzene rings is 1. The van der Waals surface area contributed by atoms with Crippen LogP contribution in [0, 0.1) is 5.92 Å². The van der Waals surface area contributed by atoms with Gasteiger partial charge < -0.3 is 15.3 Å². The van der Waals surface area contributed by atoms with Gasteiger partial charge in [0, 0.05) is 25.2 Å². The molecule has 2 N–H and O–H groups in total. The summed E-state index contributed by atoms with van der Waals surface area (Å²) in [5, 5.41) is 19.9. The number of rotatable bonds is 3. The van der Waals surface area contributed by atoms with Gasteiger partial charge in [-0.3, -0.25) is 0 Å². The zero-order chi connectivity index (χ0) is 19.0. The van der Waals surface area contributed by atoms with Crippen molar-refractivity contribution >= 4 is 17.4 Å². The quantitative estimate of drug-likeness (QED) is 0.859. The van der Waals surface area contributed by atoms with E-state index in [4.69, 9.17) is 5.10 Å². The van der Waals surface area contributed by atoms with Crippen molar-refractivity contribution in [1.29, 1.82) is 0 Å². The third kappa shape index (κ3) is 3.34. The number of aliphatic hydroxyl groups excluding tert-OH is 1. The van der Waals surface area contributed by atoms with Crippen molar-refractivity contribution < 1.29 is 9.90 Å². The standard InChI is InChI=1S/C21H28N4O2/c1-3-22-15-9-7-14(8-10-15)20-18-12-11-16(26)5-4-6-17(18)19-13-24(2)21(27)25(19)23-20/h7-10,16,18,22,26H,3-6,11-13H2,1-2H3. The first kappa shape index (κ1) is 18.0. The molecule has 1 aliphatic carbocycles. The van der Waals surface area contributed by atoms with Crippen molar-refractivity contribution in [2.24, 2.45) is 11.0 Å². The Labute approximate surface area is 160 Å². The van der Waals surface area contributed by atoms with Crippen molar-refractivity contribution in [2.75, 3.05) is 25.5 Å². The van der Waals surface area contributed by atoms with Gasteiger partial charge in [-0.2, -0.15) is 10.1 Å². The molecule has 1 saturated carbocycles. The number of carbonyl (C=O) groups excluding carboxylic acids is 1. The number of carbonyl (C=O) groups is 1. The van der Waals surface area contributed by atoms with E-state index >= 15 is 0 Å². The molecule has 3 aliphatic rings. The van der Waals surface area contributed by atoms with Crippen molar-refractivity contribution in [3.63, 3.8) is 0 Å². The van der Waals surface area contributed by atoms with Gasteiger partial charge in [0.1, 0.15) is 0 Å². The first-order chi connectivity index (χ1) is 13.1. The normalized spacial score (nSPS) is 25.6. The summed E-state index contributed by atoms with van der Waals surface area (Å²) in [5.41, 5.74) is 5.47. The minimum absolute atomic E-state index is 0.0557. The SMILES string of the molecule is CCNc1ccc(C2=NN3C(=O)N(C)CC3=C3CCCC(O)CCC23)cc1. The highest BCUT2D eigenvalue weighted by Gasteiger charge is 2.40. The summed E-state index contributed by atoms with van der Waals surface area (Å²) >= 11 is 0. The molecular formula is C21H28N4O2. The first-order valence-corrected chi connectivity index (χ1v) is 9.96. The number of allylic oxidation sites excluding steroid dienone is 1. The molecule has 2 atom stereocenters. The molecule has 1 aromatic rings. The van der Waals surface area contributed by atoms with E-state index in [1.807, 2.05) is 7.05 Å². The second-order valence-electron chi connectivity index (χ2n) is 7.69. The van der Waals surface area contributed by atoms with Crippen LogP contribution >= 0.6 is 0 Å². The van der Waals surface area contributed by atoms with Crippen LogP contribution in [0.25, 0.3) is 0 Å². The van der Waals surface area contributed by atoms with Crippen LogP contribution in [0.15, 0.2) is 40.6 Å². The molecule has 0 radical (unpaired) electrons. The Morgan fingerprint density at radius 1 is 1.22 bits per heavy atom. The molecule has 2 fully saturated rings. The summed E-state index contributed by atoms with van der Waals surface area (Å²) in [6.07, 6.45) is 4.12. The van der Waals surface area contributed by atoms with Crippen LogP contribution in [0.3, 0.4) is 0 Å². The topological polar surface area (TPSA) is 68.2 Å². The molecule has 4 rings (SSSR count). The minimum Gasteiger partial charge on any atom is -0.393 e. The number of anilines is 1. The zero-order valence-corrected chi connectivity index (χ0v) is 16.1. The van der Waals surface area contributed by atoms with Gasteiger partial charge in [0.15, 0.2) is 0 Å². The highest BCUT2D eigenvalue weighted by atomic mass is 16.3. The molecule has 6 nitrogen and oxygen atoms in total. The molecular weight excluding hydrogens is 340 g/mol. The average Bonchev–Trinajstić information content (AvgIpc) is 2.93. The lowest BCUT2D eigenvalue weighted by atomic mass is 9.79. The predicted molar refractivity (Wildman–Crippen MR) is 107 cm³/mol. The summed E-state index contributed by atoms with van der Waals surface area (Å²) in [7, 11) is 1.83. The van der Waals surface area contributed by atoms with Crippen LogP contribution in [0.5, 0.6) is 0 Å². The van der Waals surface area contributed by atoms with Gasteiger partial charge >= 0.3 is 6.03 Å². The lowest BCUT2D eigenvalue weighted by Gasteiger charge is -2.33. The molecule has 6 heteroatoms. The van der Waals surface area contributed by atoms with Gasteiger partial charge in [0.25, 0.3) is 0 Å². The van der Waals surface area contributed by atoms with E-state index in [2.05, 4.69) is 36.5 Å². The molecule has 2 amide bonds. The Morgan fingerprint density at radius 3 is 2.74 bits per heavy atom. The number of aliphatic hydroxyl groups is 1. The number of hydrazone groups is 1. The van der Waals surface area contributed by atoms with Gasteiger partial charge in [-0.05, 0) is 62.3 Å². The summed E-state index contributed by atoms with van der Waals surface area (Å²) < 4.78 is 0. The molecule has 2 unspecified atom stereocenters. The van der Waals surface area contributed by atoms with E-state index in [1.54, 1.807) is 9.91 Å². The third-order valence-electron chi connectivity index (χ3n) is 5.81. The zero-order valence-electron chi connectivity index (χ0n) is 16.1. The number of hydrogen-bond donors (Lipinski definition) is 2. The molecule has 0 aromatic heterocycles. The highest BCUT2D eigenvalue weighted by molar-refractivity contribution is 6.05. The molecule has 0 spiro atoms. The number of nitrogens with zero attached hydrogens (tertiary/aromatic N) is 3. The van der Waals surface area contributed by atoms with Gasteiger partial charge in [-0.15, -0.1) is 0 Å². The fraction of sp³-hybridized carbons (Fsp3) is 0.524. The molecule has 27 heavy (non-hydrogen) atoms. The number of nitrogens with one attached hydrogen (secondary N) is 1. The van der Waals surface area contributed by atoms with Crippen molar-refractivity contribution in [3.8, 4) is 0 Å². The largest absolute Gasteiger partial charge is 0.393 e. The van der Waals surface area contributed by atoms with Crippen LogP contribution in [-0.4, -0.2) is 53.0 Å². The molecule has 2 aliphatic heterocycles. The maximum Gasteiger partial charge on any atom is 0.345 e. The molecule has 1 aromatic carbocycles. The Balaban J connectivity index is 1.74. The fourth-order valence-corrected chi connectivity index (χ4v) is 4.40. The van der Waals surface area contributed by atoms with Crippen molar-refractivity contribution in [3.05, 3.63) is 41.1 Å². The van der Waals surface area contributed by atoms with Crippen LogP contribution in [0.2, 0.25) is 0 Å². The van der Waals surface area contributed by atoms with E-state index in [0.29, 0.717) is 6.54 Å². The lowest BCUT2D eigenvalue weighted by molar-refractivity contribution is 0.142. The maximum absolute atomic E-state index is 12.6. The number of hydrogen-bond acceptors (Lipinski definition) is 4. The summed E-state index contributed by atoms with van der Waals surface area (Å²) in [4.78, 5) is 14.3. The monoisotopic (exact) mass is 368 g/mol. The second-order valence-corrected chi connectivity index (χ2v) is 7.69. The summed E-state index contributed by atoms with van der Waals surface area (Å²) in [6.45, 7) is 3.59. The highest BCUT2D eigenvalue weighted by Crippen LogP contribution is 2.39. The predicted octanol–water partition coefficient (Wildman–Crippen LogP) is 3.40. The Bertz CT molecular complexity index is 784. The Kier molecular flexibility index (Phi) is 4.91. The fourth-order valence-electron chi connectivity index (χ4n) is 4.40. The number of urea groups is 1. The van der Waals surface area contributed by atoms with Crippen LogP contribution in [0.4, 0.5) is 10.5 Å². The van der Waals surface area contributed by atoms with Crippen molar-refractivity contribution in [2.45, 2.75) is 45.1 Å². The maximum atomic E-state index is 12.6. The van der Waals surface area contributed by atoms with Crippen LogP contribution in [0.1, 0.15) is 44.6 Å².